The number of nitrogens with zero attached hydrogens (tertiary/aromatic N) is 2. The number of benzene rings is 2. The molecule has 0 fully saturated rings. The average molecular weight is 404 g/mol. The summed E-state index contributed by atoms with van der Waals surface area (Å²) in [5.74, 6) is -0.541. The Kier molecular flexibility index (Phi) is 6.20. The Labute approximate surface area is 175 Å². The van der Waals surface area contributed by atoms with Crippen molar-refractivity contribution < 1.29 is 14.3 Å². The van der Waals surface area contributed by atoms with Crippen LogP contribution in [0, 0.1) is 0 Å². The highest BCUT2D eigenvalue weighted by molar-refractivity contribution is 5.96. The Balaban J connectivity index is 1.30. The predicted molar refractivity (Wildman–Crippen MR) is 112 cm³/mol. The molecule has 1 aliphatic heterocycles. The van der Waals surface area contributed by atoms with Crippen LogP contribution in [-0.4, -0.2) is 41.3 Å². The number of fused-ring (bicyclic) bond motifs is 1. The van der Waals surface area contributed by atoms with Crippen molar-refractivity contribution in [2.24, 2.45) is 0 Å². The molecule has 4 rings (SSSR count). The summed E-state index contributed by atoms with van der Waals surface area (Å²) in [7, 11) is 0. The molecule has 0 aliphatic carbocycles. The summed E-state index contributed by atoms with van der Waals surface area (Å²) >= 11 is 0. The van der Waals surface area contributed by atoms with Crippen LogP contribution < -0.4 is 10.6 Å². The summed E-state index contributed by atoms with van der Waals surface area (Å²) in [6.45, 7) is 1.51. The Morgan fingerprint density at radius 2 is 1.77 bits per heavy atom. The third kappa shape index (κ3) is 4.93. The molecule has 0 saturated heterocycles. The summed E-state index contributed by atoms with van der Waals surface area (Å²) in [5, 5.41) is 10.1. The fourth-order valence-corrected chi connectivity index (χ4v) is 3.46. The molecule has 30 heavy (non-hydrogen) atoms. The number of aromatic nitrogens is 2. The van der Waals surface area contributed by atoms with Crippen LogP contribution in [0.1, 0.15) is 33.3 Å². The lowest BCUT2D eigenvalue weighted by Gasteiger charge is -2.22. The van der Waals surface area contributed by atoms with E-state index in [1.165, 1.54) is 5.56 Å². The van der Waals surface area contributed by atoms with Gasteiger partial charge in [-0.1, -0.05) is 48.5 Å². The van der Waals surface area contributed by atoms with Crippen molar-refractivity contribution in [1.29, 1.82) is 0 Å². The van der Waals surface area contributed by atoms with Gasteiger partial charge in [-0.05, 0) is 29.7 Å². The maximum atomic E-state index is 12.2. The quantitative estimate of drug-likeness (QED) is 0.632. The first-order valence-electron chi connectivity index (χ1n) is 10.0. The van der Waals surface area contributed by atoms with Gasteiger partial charge in [0.15, 0.2) is 0 Å². The van der Waals surface area contributed by atoms with Gasteiger partial charge in [-0.3, -0.25) is 14.3 Å². The molecule has 1 aromatic heterocycles. The minimum atomic E-state index is -0.292. The normalized spacial score (nSPS) is 15.3. The molecule has 2 heterocycles. The second-order valence-corrected chi connectivity index (χ2v) is 7.18. The molecule has 0 radical (unpaired) electrons. The molecule has 2 N–H and O–H groups in total. The zero-order valence-electron chi connectivity index (χ0n) is 16.6. The first kappa shape index (κ1) is 19.8. The molecule has 0 saturated carbocycles. The fraction of sp³-hybridized carbons (Fsp3) is 0.261. The van der Waals surface area contributed by atoms with E-state index in [2.05, 4.69) is 34.1 Å². The van der Waals surface area contributed by atoms with Gasteiger partial charge in [0.05, 0.1) is 25.4 Å². The molecule has 7 nitrogen and oxygen atoms in total. The minimum absolute atomic E-state index is 0.0875. The molecule has 2 aromatic carbocycles. The molecule has 1 atom stereocenters. The highest BCUT2D eigenvalue weighted by atomic mass is 16.5. The number of ether oxygens (including phenoxy) is 1. The highest BCUT2D eigenvalue weighted by Gasteiger charge is 2.25. The van der Waals surface area contributed by atoms with E-state index < -0.39 is 0 Å². The van der Waals surface area contributed by atoms with Crippen molar-refractivity contribution in [3.05, 3.63) is 89.2 Å². The van der Waals surface area contributed by atoms with E-state index in [0.717, 1.165) is 17.7 Å². The van der Waals surface area contributed by atoms with Crippen molar-refractivity contribution in [3.8, 4) is 0 Å². The molecule has 0 unspecified atom stereocenters. The van der Waals surface area contributed by atoms with Crippen molar-refractivity contribution in [3.63, 3.8) is 0 Å². The third-order valence-electron chi connectivity index (χ3n) is 4.98. The molecule has 0 bridgehead atoms. The van der Waals surface area contributed by atoms with E-state index in [1.54, 1.807) is 24.3 Å². The molecule has 1 aliphatic rings. The van der Waals surface area contributed by atoms with Gasteiger partial charge in [-0.2, -0.15) is 5.10 Å². The van der Waals surface area contributed by atoms with Crippen LogP contribution in [0.5, 0.6) is 0 Å². The van der Waals surface area contributed by atoms with Crippen LogP contribution in [0.25, 0.3) is 0 Å². The molecule has 2 amide bonds. The van der Waals surface area contributed by atoms with Gasteiger partial charge in [0.2, 0.25) is 5.91 Å². The van der Waals surface area contributed by atoms with Crippen molar-refractivity contribution in [2.45, 2.75) is 19.1 Å². The molecule has 154 valence electrons. The minimum Gasteiger partial charge on any atom is -0.370 e. The second-order valence-electron chi connectivity index (χ2n) is 7.18. The van der Waals surface area contributed by atoms with Gasteiger partial charge in [-0.15, -0.1) is 0 Å². The summed E-state index contributed by atoms with van der Waals surface area (Å²) in [5.41, 5.74) is 3.71. The van der Waals surface area contributed by atoms with E-state index in [1.807, 2.05) is 28.9 Å². The van der Waals surface area contributed by atoms with E-state index in [9.17, 15) is 9.59 Å². The average Bonchev–Trinajstić information content (AvgIpc) is 3.20. The number of rotatable bonds is 7. The molecule has 7 heteroatoms. The highest BCUT2D eigenvalue weighted by Crippen LogP contribution is 2.25. The number of carbonyl (C=O) groups is 2. The maximum Gasteiger partial charge on any atom is 0.251 e. The van der Waals surface area contributed by atoms with Crippen LogP contribution in [-0.2, 0) is 22.5 Å². The lowest BCUT2D eigenvalue weighted by Crippen LogP contribution is -2.39. The topological polar surface area (TPSA) is 85.3 Å². The Morgan fingerprint density at radius 1 is 1.03 bits per heavy atom. The lowest BCUT2D eigenvalue weighted by atomic mass is 10.1. The summed E-state index contributed by atoms with van der Waals surface area (Å²) in [6, 6.07) is 19.0. The third-order valence-corrected chi connectivity index (χ3v) is 4.98. The lowest BCUT2D eigenvalue weighted by molar-refractivity contribution is -0.120. The van der Waals surface area contributed by atoms with Crippen LogP contribution >= 0.6 is 0 Å². The van der Waals surface area contributed by atoms with Gasteiger partial charge < -0.3 is 15.4 Å². The zero-order valence-corrected chi connectivity index (χ0v) is 16.6. The van der Waals surface area contributed by atoms with E-state index in [-0.39, 0.29) is 24.5 Å². The molecule has 3 aromatic rings. The van der Waals surface area contributed by atoms with Crippen molar-refractivity contribution in [2.75, 3.05) is 19.7 Å². The summed E-state index contributed by atoms with van der Waals surface area (Å²) in [4.78, 5) is 24.2. The number of hydrogen-bond donors (Lipinski definition) is 2. The summed E-state index contributed by atoms with van der Waals surface area (Å²) < 4.78 is 7.76. The fourth-order valence-electron chi connectivity index (χ4n) is 3.46. The first-order valence-corrected chi connectivity index (χ1v) is 10.0. The molecular weight excluding hydrogens is 380 g/mol. The largest absolute Gasteiger partial charge is 0.370 e. The smallest absolute Gasteiger partial charge is 0.251 e. The van der Waals surface area contributed by atoms with Gasteiger partial charge in [0.25, 0.3) is 5.91 Å². The van der Waals surface area contributed by atoms with Crippen molar-refractivity contribution in [1.82, 2.24) is 20.4 Å². The van der Waals surface area contributed by atoms with Crippen LogP contribution in [0.2, 0.25) is 0 Å². The standard InChI is InChI=1S/C23H24N4O3/c28-21(14-25-23(29)18-9-5-2-6-10-18)24-13-20-22-19(11-12-30-20)16-27(26-22)15-17-7-3-1-4-8-17/h1-10,16,20H,11-15H2,(H,24,28)(H,25,29)/t20-/m0/s1. The van der Waals surface area contributed by atoms with E-state index >= 15 is 0 Å². The van der Waals surface area contributed by atoms with Gasteiger partial charge in [-0.25, -0.2) is 0 Å². The van der Waals surface area contributed by atoms with Gasteiger partial charge >= 0.3 is 0 Å². The Morgan fingerprint density at radius 3 is 2.53 bits per heavy atom. The van der Waals surface area contributed by atoms with Gasteiger partial charge in [0.1, 0.15) is 6.10 Å². The summed E-state index contributed by atoms with van der Waals surface area (Å²) in [6.07, 6.45) is 2.57. The number of nitrogens with one attached hydrogen (secondary N) is 2. The second kappa shape index (κ2) is 9.37. The van der Waals surface area contributed by atoms with E-state index in [0.29, 0.717) is 25.3 Å². The van der Waals surface area contributed by atoms with Crippen LogP contribution in [0.4, 0.5) is 0 Å². The number of hydrogen-bond acceptors (Lipinski definition) is 4. The van der Waals surface area contributed by atoms with Crippen LogP contribution in [0.15, 0.2) is 66.9 Å². The number of carbonyl (C=O) groups excluding carboxylic acids is 2. The first-order chi connectivity index (χ1) is 14.7. The van der Waals surface area contributed by atoms with Gasteiger partial charge in [0, 0.05) is 18.3 Å². The molecule has 0 spiro atoms. The van der Waals surface area contributed by atoms with Crippen LogP contribution in [0.3, 0.4) is 0 Å². The van der Waals surface area contributed by atoms with Crippen molar-refractivity contribution >= 4 is 11.8 Å². The van der Waals surface area contributed by atoms with E-state index in [4.69, 9.17) is 4.74 Å². The Hall–Kier alpha value is -3.45. The molecular formula is C23H24N4O3. The number of amides is 2. The SMILES string of the molecule is O=C(CNC(=O)c1ccccc1)NC[C@@H]1OCCc2cn(Cc3ccccc3)nc21. The predicted octanol–water partition coefficient (Wildman–Crippen LogP) is 2.09. The monoisotopic (exact) mass is 404 g/mol. The maximum absolute atomic E-state index is 12.2. The Bertz CT molecular complexity index is 1000. The zero-order chi connectivity index (χ0) is 20.8.